The van der Waals surface area contributed by atoms with Crippen LogP contribution in [0.2, 0.25) is 0 Å². The summed E-state index contributed by atoms with van der Waals surface area (Å²) in [6.07, 6.45) is 9.94. The number of ketones is 1. The number of para-hydroxylation sites is 2. The highest BCUT2D eigenvalue weighted by Crippen LogP contribution is 2.34. The molecule has 0 aliphatic carbocycles. The fourth-order valence-corrected chi connectivity index (χ4v) is 6.41. The van der Waals surface area contributed by atoms with E-state index in [4.69, 9.17) is 8.83 Å². The van der Waals surface area contributed by atoms with Crippen LogP contribution >= 0.6 is 0 Å². The van der Waals surface area contributed by atoms with E-state index in [0.29, 0.717) is 53.7 Å². The van der Waals surface area contributed by atoms with Gasteiger partial charge in [-0.3, -0.25) is 14.4 Å². The van der Waals surface area contributed by atoms with Crippen molar-refractivity contribution in [2.24, 2.45) is 0 Å². The Kier molecular flexibility index (Phi) is 25.6. The van der Waals surface area contributed by atoms with Gasteiger partial charge >= 0.3 is 11.9 Å². The maximum atomic E-state index is 12.6. The molecule has 0 aliphatic rings. The molecular formula is C48H70O12. The number of esters is 2. The molecule has 0 unspecified atom stereocenters. The summed E-state index contributed by atoms with van der Waals surface area (Å²) in [4.78, 5) is 34.9. The van der Waals surface area contributed by atoms with E-state index in [1.54, 1.807) is 18.2 Å². The Hall–Kier alpha value is -4.59. The smallest absolute Gasteiger partial charge is 0.305 e. The predicted molar refractivity (Wildman–Crippen MR) is 237 cm³/mol. The van der Waals surface area contributed by atoms with E-state index in [9.17, 15) is 39.9 Å². The average Bonchev–Trinajstić information content (AvgIpc) is 3.80. The zero-order valence-electron chi connectivity index (χ0n) is 34.3. The minimum absolute atomic E-state index is 0. The Morgan fingerprint density at radius 1 is 0.600 bits per heavy atom. The Balaban J connectivity index is 0.000000581. The molecule has 5 atom stereocenters. The number of aliphatic hydroxyl groups is 5. The summed E-state index contributed by atoms with van der Waals surface area (Å²) in [5.74, 6) is 0.00594. The predicted octanol–water partition coefficient (Wildman–Crippen LogP) is 9.67. The van der Waals surface area contributed by atoms with Gasteiger partial charge in [-0.25, -0.2) is 0 Å². The first-order chi connectivity index (χ1) is 27.9. The highest BCUT2D eigenvalue weighted by Gasteiger charge is 2.22. The standard InChI is InChI=1S/C23H32O6.C23H30O6.2CH4/c2*1-3-4-5-10-20(26)23-17(16-9-6-7-12-21(16)29-23)14-15-19(25)18(24)11-8-13-22(27)28-2;;/h6-7,9,12,14-15,18-20,24-26H,3-5,8,10-11,13H2,1-2H3;6-7,9,12,14-15,18-19,24-25H,3-5,8,10-11,13H2,1-2H3;2*1H4/b2*15-14+;;/t18-,19+,20-;18-,19+;;/m00../s1. The zero-order chi connectivity index (χ0) is 42.5. The highest BCUT2D eigenvalue weighted by atomic mass is 16.5. The summed E-state index contributed by atoms with van der Waals surface area (Å²) in [6, 6.07) is 14.9. The van der Waals surface area contributed by atoms with Crippen molar-refractivity contribution in [1.29, 1.82) is 0 Å². The number of hydrogen-bond acceptors (Lipinski definition) is 12. The monoisotopic (exact) mass is 838 g/mol. The molecule has 2 aromatic heterocycles. The molecule has 12 heteroatoms. The number of Topliss-reactive ketones (excluding diaryl/α,β-unsaturated/α-hetero) is 1. The van der Waals surface area contributed by atoms with Crippen LogP contribution in [0, 0.1) is 0 Å². The second-order valence-electron chi connectivity index (χ2n) is 14.4. The van der Waals surface area contributed by atoms with E-state index in [0.717, 1.165) is 49.3 Å². The molecule has 0 bridgehead atoms. The Morgan fingerprint density at radius 2 is 1.07 bits per heavy atom. The lowest BCUT2D eigenvalue weighted by Crippen LogP contribution is -2.23. The molecule has 0 spiro atoms. The lowest BCUT2D eigenvalue weighted by atomic mass is 10.0. The van der Waals surface area contributed by atoms with Gasteiger partial charge in [-0.05, 0) is 50.7 Å². The summed E-state index contributed by atoms with van der Waals surface area (Å²) in [7, 11) is 2.63. The zero-order valence-corrected chi connectivity index (χ0v) is 34.3. The molecule has 0 aliphatic heterocycles. The molecule has 0 fully saturated rings. The van der Waals surface area contributed by atoms with Crippen molar-refractivity contribution in [2.75, 3.05) is 14.2 Å². The van der Waals surface area contributed by atoms with Crippen molar-refractivity contribution in [3.63, 3.8) is 0 Å². The molecule has 4 rings (SSSR count). The van der Waals surface area contributed by atoms with Gasteiger partial charge in [0.1, 0.15) is 23.0 Å². The van der Waals surface area contributed by atoms with Crippen LogP contribution in [0.15, 0.2) is 69.5 Å². The van der Waals surface area contributed by atoms with E-state index in [2.05, 4.69) is 23.3 Å². The van der Waals surface area contributed by atoms with Crippen LogP contribution in [0.4, 0.5) is 0 Å². The van der Waals surface area contributed by atoms with Gasteiger partial charge in [0.25, 0.3) is 0 Å². The van der Waals surface area contributed by atoms with Crippen LogP contribution in [0.5, 0.6) is 0 Å². The van der Waals surface area contributed by atoms with Crippen molar-refractivity contribution in [3.8, 4) is 0 Å². The molecule has 5 N–H and O–H groups in total. The van der Waals surface area contributed by atoms with Gasteiger partial charge < -0.3 is 43.8 Å². The van der Waals surface area contributed by atoms with Gasteiger partial charge in [0.2, 0.25) is 0 Å². The summed E-state index contributed by atoms with van der Waals surface area (Å²) >= 11 is 0. The normalized spacial score (nSPS) is 13.8. The lowest BCUT2D eigenvalue weighted by Gasteiger charge is -2.14. The average molecular weight is 839 g/mol. The maximum absolute atomic E-state index is 12.6. The third kappa shape index (κ3) is 16.8. The van der Waals surface area contributed by atoms with Crippen molar-refractivity contribution in [1.82, 2.24) is 0 Å². The lowest BCUT2D eigenvalue weighted by molar-refractivity contribution is -0.141. The number of benzene rings is 2. The van der Waals surface area contributed by atoms with Crippen molar-refractivity contribution < 1.29 is 58.2 Å². The number of furan rings is 2. The number of rotatable bonds is 24. The van der Waals surface area contributed by atoms with E-state index >= 15 is 0 Å². The number of carbonyl (C=O) groups is 3. The van der Waals surface area contributed by atoms with Crippen LogP contribution in [-0.2, 0) is 19.1 Å². The SMILES string of the molecule is C.C.CCCCCC(=O)c1oc2ccccc2c1/C=C/[C@@H](O)[C@@H](O)CCCC(=O)OC.CCCCC[C@H](O)c1oc2ccccc2c1/C=C/[C@@H](O)[C@@H](O)CCCC(=O)OC. The summed E-state index contributed by atoms with van der Waals surface area (Å²) in [6.45, 7) is 4.19. The van der Waals surface area contributed by atoms with E-state index in [-0.39, 0.29) is 64.0 Å². The first-order valence-electron chi connectivity index (χ1n) is 20.4. The number of fused-ring (bicyclic) bond motifs is 2. The second kappa shape index (κ2) is 28.8. The maximum Gasteiger partial charge on any atom is 0.305 e. The third-order valence-corrected chi connectivity index (χ3v) is 9.87. The Bertz CT molecular complexity index is 1900. The van der Waals surface area contributed by atoms with Crippen molar-refractivity contribution >= 4 is 51.8 Å². The van der Waals surface area contributed by atoms with Gasteiger partial charge in [-0.1, -0.05) is 122 Å². The van der Waals surface area contributed by atoms with Crippen LogP contribution in [0.25, 0.3) is 34.1 Å². The topological polar surface area (TPSA) is 197 Å². The quantitative estimate of drug-likeness (QED) is 0.0255. The molecule has 0 amide bonds. The highest BCUT2D eigenvalue weighted by molar-refractivity contribution is 6.03. The van der Waals surface area contributed by atoms with Crippen LogP contribution < -0.4 is 0 Å². The van der Waals surface area contributed by atoms with Gasteiger partial charge in [0, 0.05) is 41.2 Å². The molecule has 12 nitrogen and oxygen atoms in total. The molecule has 0 saturated heterocycles. The van der Waals surface area contributed by atoms with Gasteiger partial charge in [0.05, 0.1) is 38.6 Å². The van der Waals surface area contributed by atoms with Crippen LogP contribution in [0.3, 0.4) is 0 Å². The van der Waals surface area contributed by atoms with Gasteiger partial charge in [-0.2, -0.15) is 0 Å². The number of carbonyl (C=O) groups excluding carboxylic acids is 3. The van der Waals surface area contributed by atoms with Gasteiger partial charge in [0.15, 0.2) is 11.5 Å². The fourth-order valence-electron chi connectivity index (χ4n) is 6.41. The summed E-state index contributed by atoms with van der Waals surface area (Å²) in [5.41, 5.74) is 2.61. The molecule has 60 heavy (non-hydrogen) atoms. The van der Waals surface area contributed by atoms with E-state index < -0.39 is 30.5 Å². The van der Waals surface area contributed by atoms with Gasteiger partial charge in [-0.15, -0.1) is 0 Å². The molecular weight excluding hydrogens is 769 g/mol. The molecule has 2 heterocycles. The number of aliphatic hydroxyl groups excluding tert-OH is 5. The first kappa shape index (κ1) is 53.4. The Labute approximate surface area is 355 Å². The van der Waals surface area contributed by atoms with E-state index in [1.165, 1.54) is 26.4 Å². The Morgan fingerprint density at radius 3 is 1.58 bits per heavy atom. The number of ether oxygens (including phenoxy) is 2. The summed E-state index contributed by atoms with van der Waals surface area (Å²) < 4.78 is 20.8. The largest absolute Gasteiger partial charge is 0.469 e. The second-order valence-corrected chi connectivity index (χ2v) is 14.4. The van der Waals surface area contributed by atoms with Crippen LogP contribution in [0.1, 0.15) is 152 Å². The number of hydrogen-bond donors (Lipinski definition) is 5. The molecule has 2 aromatic carbocycles. The fraction of sp³-hybridized carbons (Fsp3) is 0.521. The number of methoxy groups -OCH3 is 2. The first-order valence-corrected chi connectivity index (χ1v) is 20.4. The van der Waals surface area contributed by atoms with Crippen LogP contribution in [-0.4, -0.2) is 81.9 Å². The molecule has 0 saturated carbocycles. The molecule has 0 radical (unpaired) electrons. The number of unbranched alkanes of at least 4 members (excludes halogenated alkanes) is 4. The minimum atomic E-state index is -1.12. The molecule has 334 valence electrons. The van der Waals surface area contributed by atoms with Crippen molar-refractivity contribution in [2.45, 2.75) is 149 Å². The van der Waals surface area contributed by atoms with Crippen molar-refractivity contribution in [3.05, 3.63) is 83.3 Å². The van der Waals surface area contributed by atoms with E-state index in [1.807, 2.05) is 42.5 Å². The minimum Gasteiger partial charge on any atom is -0.469 e. The third-order valence-electron chi connectivity index (χ3n) is 9.87. The summed E-state index contributed by atoms with van der Waals surface area (Å²) in [5, 5.41) is 53.0. The molecule has 4 aromatic rings.